The molecule has 0 N–H and O–H groups in total. The largest absolute Gasteiger partial charge is 0.491 e. The van der Waals surface area contributed by atoms with Gasteiger partial charge in [0.05, 0.1) is 34.6 Å². The maximum atomic E-state index is 13.5. The number of aromatic nitrogens is 1. The third-order valence-corrected chi connectivity index (χ3v) is 6.36. The predicted molar refractivity (Wildman–Crippen MR) is 129 cm³/mol. The first-order chi connectivity index (χ1) is 15.8. The second-order valence-corrected chi connectivity index (χ2v) is 9.47. The van der Waals surface area contributed by atoms with Gasteiger partial charge in [-0.15, -0.1) is 0 Å². The van der Waals surface area contributed by atoms with Gasteiger partial charge in [0.2, 0.25) is 0 Å². The van der Waals surface area contributed by atoms with Gasteiger partial charge in [-0.2, -0.15) is 0 Å². The first-order valence-corrected chi connectivity index (χ1v) is 12.1. The van der Waals surface area contributed by atoms with Crippen molar-refractivity contribution in [3.63, 3.8) is 0 Å². The summed E-state index contributed by atoms with van der Waals surface area (Å²) >= 11 is 4.52. The molecule has 0 amide bonds. The molecule has 3 heterocycles. The molecule has 172 valence electrons. The van der Waals surface area contributed by atoms with Gasteiger partial charge in [0.25, 0.3) is 5.56 Å². The van der Waals surface area contributed by atoms with Crippen LogP contribution in [0.5, 0.6) is 5.75 Å². The second kappa shape index (κ2) is 9.52. The zero-order valence-corrected chi connectivity index (χ0v) is 21.0. The fraction of sp³-hybridized carbons (Fsp3) is 0.292. The van der Waals surface area contributed by atoms with Gasteiger partial charge in [0.1, 0.15) is 11.5 Å². The van der Waals surface area contributed by atoms with Crippen LogP contribution in [0.15, 0.2) is 66.5 Å². The minimum Gasteiger partial charge on any atom is -0.491 e. The van der Waals surface area contributed by atoms with Crippen molar-refractivity contribution in [1.29, 1.82) is 0 Å². The molecule has 0 bridgehead atoms. The number of benzene rings is 1. The summed E-state index contributed by atoms with van der Waals surface area (Å²) < 4.78 is 19.2. The molecule has 33 heavy (non-hydrogen) atoms. The van der Waals surface area contributed by atoms with E-state index in [1.54, 1.807) is 36.6 Å². The number of allylic oxidation sites excluding steroid dienone is 1. The van der Waals surface area contributed by atoms with Crippen LogP contribution >= 0.6 is 27.3 Å². The number of fused-ring (bicyclic) bond motifs is 1. The lowest BCUT2D eigenvalue weighted by Gasteiger charge is -2.25. The van der Waals surface area contributed by atoms with E-state index >= 15 is 0 Å². The monoisotopic (exact) mass is 530 g/mol. The number of furan rings is 1. The van der Waals surface area contributed by atoms with Gasteiger partial charge in [-0.1, -0.05) is 23.5 Å². The quantitative estimate of drug-likeness (QED) is 0.450. The van der Waals surface area contributed by atoms with Crippen molar-refractivity contribution in [3.05, 3.63) is 83.3 Å². The predicted octanol–water partition coefficient (Wildman–Crippen LogP) is 3.94. The number of nitrogens with zero attached hydrogens (tertiary/aromatic N) is 2. The van der Waals surface area contributed by atoms with Gasteiger partial charge in [-0.05, 0) is 73.5 Å². The van der Waals surface area contributed by atoms with Crippen LogP contribution in [-0.4, -0.2) is 23.2 Å². The molecule has 4 rings (SSSR count). The van der Waals surface area contributed by atoms with Crippen molar-refractivity contribution < 1.29 is 18.7 Å². The number of ether oxygens (including phenoxy) is 2. The molecular formula is C24H23BrN2O5S. The highest BCUT2D eigenvalue weighted by Crippen LogP contribution is 2.31. The molecule has 1 aliphatic heterocycles. The summed E-state index contributed by atoms with van der Waals surface area (Å²) in [5, 5.41) is 0. The van der Waals surface area contributed by atoms with Gasteiger partial charge in [-0.3, -0.25) is 9.36 Å². The average Bonchev–Trinajstić information content (AvgIpc) is 3.30. The van der Waals surface area contributed by atoms with Crippen LogP contribution in [0.25, 0.3) is 6.08 Å². The number of thiazole rings is 1. The van der Waals surface area contributed by atoms with Gasteiger partial charge in [0, 0.05) is 6.08 Å². The molecule has 0 unspecified atom stereocenters. The van der Waals surface area contributed by atoms with E-state index < -0.39 is 12.0 Å². The first-order valence-electron chi connectivity index (χ1n) is 10.5. The van der Waals surface area contributed by atoms with Crippen LogP contribution in [0, 0.1) is 0 Å². The minimum atomic E-state index is -0.668. The number of carbonyl (C=O) groups excluding carboxylic acids is 1. The summed E-state index contributed by atoms with van der Waals surface area (Å²) in [5.41, 5.74) is 1.37. The first kappa shape index (κ1) is 23.3. The number of hydrogen-bond donors (Lipinski definition) is 0. The van der Waals surface area contributed by atoms with Gasteiger partial charge >= 0.3 is 5.97 Å². The third kappa shape index (κ3) is 4.74. The molecular weight excluding hydrogens is 508 g/mol. The van der Waals surface area contributed by atoms with Crippen LogP contribution in [-0.2, 0) is 9.53 Å². The van der Waals surface area contributed by atoms with E-state index in [1.165, 1.54) is 11.3 Å². The van der Waals surface area contributed by atoms with Crippen LogP contribution in [0.2, 0.25) is 0 Å². The van der Waals surface area contributed by atoms with Crippen LogP contribution < -0.4 is 19.6 Å². The van der Waals surface area contributed by atoms with Crippen LogP contribution in [0.3, 0.4) is 0 Å². The normalized spacial score (nSPS) is 16.1. The number of rotatable bonds is 6. The summed E-state index contributed by atoms with van der Waals surface area (Å²) in [7, 11) is 0. The number of esters is 1. The Morgan fingerprint density at radius 2 is 2.00 bits per heavy atom. The van der Waals surface area contributed by atoms with Crippen molar-refractivity contribution >= 4 is 39.3 Å². The lowest BCUT2D eigenvalue weighted by atomic mass is 9.96. The Kier molecular flexibility index (Phi) is 6.71. The summed E-state index contributed by atoms with van der Waals surface area (Å²) in [6, 6.07) is 10.3. The lowest BCUT2D eigenvalue weighted by molar-refractivity contribution is -0.139. The molecule has 0 aliphatic carbocycles. The van der Waals surface area contributed by atoms with Crippen molar-refractivity contribution in [2.24, 2.45) is 4.99 Å². The van der Waals surface area contributed by atoms with Gasteiger partial charge in [0.15, 0.2) is 9.47 Å². The summed E-state index contributed by atoms with van der Waals surface area (Å²) in [4.78, 5) is 31.5. The minimum absolute atomic E-state index is 0.0346. The Labute approximate surface area is 202 Å². The molecule has 7 nitrogen and oxygen atoms in total. The Morgan fingerprint density at radius 3 is 2.61 bits per heavy atom. The number of halogens is 1. The molecule has 0 saturated heterocycles. The van der Waals surface area contributed by atoms with Crippen LogP contribution in [0.4, 0.5) is 0 Å². The van der Waals surface area contributed by atoms with Crippen molar-refractivity contribution in [1.82, 2.24) is 4.57 Å². The zero-order chi connectivity index (χ0) is 23.7. The van der Waals surface area contributed by atoms with E-state index in [-0.39, 0.29) is 18.3 Å². The van der Waals surface area contributed by atoms with E-state index in [9.17, 15) is 9.59 Å². The highest BCUT2D eigenvalue weighted by molar-refractivity contribution is 9.10. The molecule has 3 aromatic rings. The molecule has 1 atom stereocenters. The summed E-state index contributed by atoms with van der Waals surface area (Å²) in [6.07, 6.45) is 1.71. The SMILES string of the molecule is CCOC(=O)C1=C(C)N=c2sc(=Cc3ccc(Br)o3)c(=O)n2[C@@H]1c1ccc(OC(C)C)cc1. The summed E-state index contributed by atoms with van der Waals surface area (Å²) in [6.45, 7) is 7.64. The molecule has 2 aromatic heterocycles. The standard InChI is InChI=1S/C24H23BrN2O5S/c1-5-30-23(29)20-14(4)26-24-27(21(20)15-6-8-16(9-7-15)31-13(2)3)22(28)18(33-24)12-17-10-11-19(25)32-17/h6-13,21H,5H2,1-4H3/t21-/m1/s1. The number of hydrogen-bond acceptors (Lipinski definition) is 7. The van der Waals surface area contributed by atoms with Crippen LogP contribution in [0.1, 0.15) is 45.1 Å². The highest BCUT2D eigenvalue weighted by atomic mass is 79.9. The maximum absolute atomic E-state index is 13.5. The molecule has 0 fully saturated rings. The second-order valence-electron chi connectivity index (χ2n) is 7.68. The molecule has 0 spiro atoms. The Balaban J connectivity index is 1.89. The maximum Gasteiger partial charge on any atom is 0.338 e. The van der Waals surface area contributed by atoms with E-state index in [0.29, 0.717) is 36.8 Å². The fourth-order valence-electron chi connectivity index (χ4n) is 3.64. The summed E-state index contributed by atoms with van der Waals surface area (Å²) in [5.74, 6) is 0.763. The smallest absolute Gasteiger partial charge is 0.338 e. The average molecular weight is 531 g/mol. The molecule has 9 heteroatoms. The van der Waals surface area contributed by atoms with E-state index in [4.69, 9.17) is 13.9 Å². The van der Waals surface area contributed by atoms with E-state index in [0.717, 1.165) is 5.56 Å². The molecule has 1 aromatic carbocycles. The molecule has 0 radical (unpaired) electrons. The van der Waals surface area contributed by atoms with Crippen molar-refractivity contribution in [3.8, 4) is 5.75 Å². The lowest BCUT2D eigenvalue weighted by Crippen LogP contribution is -2.39. The zero-order valence-electron chi connectivity index (χ0n) is 18.6. The Hall–Kier alpha value is -2.91. The Morgan fingerprint density at radius 1 is 1.27 bits per heavy atom. The topological polar surface area (TPSA) is 83.0 Å². The fourth-order valence-corrected chi connectivity index (χ4v) is 4.99. The van der Waals surface area contributed by atoms with Crippen molar-refractivity contribution in [2.75, 3.05) is 6.61 Å². The van der Waals surface area contributed by atoms with E-state index in [1.807, 2.05) is 38.1 Å². The Bertz CT molecular complexity index is 1400. The van der Waals surface area contributed by atoms with E-state index in [2.05, 4.69) is 20.9 Å². The molecule has 1 aliphatic rings. The molecule has 0 saturated carbocycles. The highest BCUT2D eigenvalue weighted by Gasteiger charge is 2.33. The third-order valence-electron chi connectivity index (χ3n) is 4.95. The van der Waals surface area contributed by atoms with Gasteiger partial charge < -0.3 is 13.9 Å². The van der Waals surface area contributed by atoms with Crippen molar-refractivity contribution in [2.45, 2.75) is 39.8 Å². The number of carbonyl (C=O) groups is 1. The van der Waals surface area contributed by atoms with Gasteiger partial charge in [-0.25, -0.2) is 9.79 Å².